The minimum atomic E-state index is -0.947. The summed E-state index contributed by atoms with van der Waals surface area (Å²) in [5.41, 5.74) is 0.812. The zero-order valence-corrected chi connectivity index (χ0v) is 12.2. The SMILES string of the molecule is C[C@@H]1C[C@H](NC(=O)[C@@H]2C[C@H]2C(=O)O)C(=O)N1c1ccccc1. The molecule has 1 saturated carbocycles. The molecule has 1 aliphatic heterocycles. The van der Waals surface area contributed by atoms with E-state index in [2.05, 4.69) is 5.32 Å². The third-order valence-electron chi connectivity index (χ3n) is 4.35. The van der Waals surface area contributed by atoms with Gasteiger partial charge in [-0.05, 0) is 31.9 Å². The van der Waals surface area contributed by atoms with Crippen LogP contribution < -0.4 is 10.2 Å². The molecule has 0 spiro atoms. The quantitative estimate of drug-likeness (QED) is 0.869. The third-order valence-corrected chi connectivity index (χ3v) is 4.35. The predicted octanol–water partition coefficient (Wildman–Crippen LogP) is 1.02. The van der Waals surface area contributed by atoms with Crippen LogP contribution in [0.1, 0.15) is 19.8 Å². The number of aliphatic carboxylic acids is 1. The van der Waals surface area contributed by atoms with Crippen molar-refractivity contribution in [3.8, 4) is 0 Å². The molecular weight excluding hydrogens is 284 g/mol. The second-order valence-electron chi connectivity index (χ2n) is 5.98. The molecule has 6 heteroatoms. The fourth-order valence-electron chi connectivity index (χ4n) is 3.06. The molecular formula is C16H18N2O4. The van der Waals surface area contributed by atoms with Crippen molar-refractivity contribution in [3.05, 3.63) is 30.3 Å². The maximum atomic E-state index is 12.5. The highest BCUT2D eigenvalue weighted by atomic mass is 16.4. The van der Waals surface area contributed by atoms with Gasteiger partial charge in [0, 0.05) is 11.7 Å². The number of para-hydroxylation sites is 1. The van der Waals surface area contributed by atoms with Crippen LogP contribution in [-0.2, 0) is 14.4 Å². The summed E-state index contributed by atoms with van der Waals surface area (Å²) in [6, 6.07) is 8.76. The van der Waals surface area contributed by atoms with Crippen LogP contribution in [0.25, 0.3) is 0 Å². The van der Waals surface area contributed by atoms with Crippen molar-refractivity contribution in [1.82, 2.24) is 5.32 Å². The number of hydrogen-bond donors (Lipinski definition) is 2. The summed E-state index contributed by atoms with van der Waals surface area (Å²) in [5, 5.41) is 11.6. The minimum Gasteiger partial charge on any atom is -0.481 e. The molecule has 1 aromatic carbocycles. The fourth-order valence-corrected chi connectivity index (χ4v) is 3.06. The molecule has 22 heavy (non-hydrogen) atoms. The summed E-state index contributed by atoms with van der Waals surface area (Å²) in [7, 11) is 0. The molecule has 0 unspecified atom stereocenters. The Morgan fingerprint density at radius 2 is 1.86 bits per heavy atom. The minimum absolute atomic E-state index is 0.00493. The molecule has 1 saturated heterocycles. The first-order valence-electron chi connectivity index (χ1n) is 7.40. The van der Waals surface area contributed by atoms with Gasteiger partial charge >= 0.3 is 5.97 Å². The molecule has 0 aromatic heterocycles. The van der Waals surface area contributed by atoms with Crippen molar-refractivity contribution in [2.75, 3.05) is 4.90 Å². The Labute approximate surface area is 128 Å². The lowest BCUT2D eigenvalue weighted by Gasteiger charge is -2.21. The van der Waals surface area contributed by atoms with Crippen molar-refractivity contribution in [1.29, 1.82) is 0 Å². The van der Waals surface area contributed by atoms with Crippen molar-refractivity contribution >= 4 is 23.5 Å². The topological polar surface area (TPSA) is 86.7 Å². The molecule has 1 aliphatic carbocycles. The number of carbonyl (C=O) groups is 3. The summed E-state index contributed by atoms with van der Waals surface area (Å²) < 4.78 is 0. The number of rotatable bonds is 4. The molecule has 2 fully saturated rings. The van der Waals surface area contributed by atoms with Crippen LogP contribution in [0.3, 0.4) is 0 Å². The van der Waals surface area contributed by atoms with E-state index < -0.39 is 23.8 Å². The van der Waals surface area contributed by atoms with E-state index in [9.17, 15) is 14.4 Å². The Kier molecular flexibility index (Phi) is 3.60. The van der Waals surface area contributed by atoms with Crippen LogP contribution in [0.2, 0.25) is 0 Å². The number of nitrogens with zero attached hydrogens (tertiary/aromatic N) is 1. The molecule has 1 aromatic rings. The monoisotopic (exact) mass is 302 g/mol. The summed E-state index contributed by atoms with van der Waals surface area (Å²) in [4.78, 5) is 37.0. The Bertz CT molecular complexity index is 616. The van der Waals surface area contributed by atoms with E-state index in [0.29, 0.717) is 12.8 Å². The number of anilines is 1. The second-order valence-corrected chi connectivity index (χ2v) is 5.98. The van der Waals surface area contributed by atoms with Gasteiger partial charge in [0.15, 0.2) is 0 Å². The largest absolute Gasteiger partial charge is 0.481 e. The molecule has 4 atom stereocenters. The number of carbonyl (C=O) groups excluding carboxylic acids is 2. The van der Waals surface area contributed by atoms with Crippen LogP contribution in [0.15, 0.2) is 30.3 Å². The van der Waals surface area contributed by atoms with Crippen LogP contribution in [-0.4, -0.2) is 35.0 Å². The highest BCUT2D eigenvalue weighted by Crippen LogP contribution is 2.39. The van der Waals surface area contributed by atoms with Gasteiger partial charge in [0.25, 0.3) is 0 Å². The summed E-state index contributed by atoms with van der Waals surface area (Å²) >= 11 is 0. The molecule has 2 aliphatic rings. The highest BCUT2D eigenvalue weighted by molar-refractivity contribution is 6.02. The number of carboxylic acids is 1. The molecule has 2 N–H and O–H groups in total. The fraction of sp³-hybridized carbons (Fsp3) is 0.438. The van der Waals surface area contributed by atoms with Gasteiger partial charge < -0.3 is 15.3 Å². The molecule has 116 valence electrons. The molecule has 0 radical (unpaired) electrons. The van der Waals surface area contributed by atoms with Crippen LogP contribution in [0, 0.1) is 11.8 Å². The van der Waals surface area contributed by atoms with Gasteiger partial charge in [-0.3, -0.25) is 14.4 Å². The molecule has 2 amide bonds. The van der Waals surface area contributed by atoms with Gasteiger partial charge in [0.05, 0.1) is 11.8 Å². The molecule has 0 bridgehead atoms. The predicted molar refractivity (Wildman–Crippen MR) is 79.2 cm³/mol. The first-order chi connectivity index (χ1) is 10.5. The highest BCUT2D eigenvalue weighted by Gasteiger charge is 2.50. The van der Waals surface area contributed by atoms with Gasteiger partial charge in [0.2, 0.25) is 11.8 Å². The van der Waals surface area contributed by atoms with E-state index in [0.717, 1.165) is 5.69 Å². The van der Waals surface area contributed by atoms with Gasteiger partial charge in [-0.15, -0.1) is 0 Å². The van der Waals surface area contributed by atoms with Gasteiger partial charge in [-0.2, -0.15) is 0 Å². The standard InChI is InChI=1S/C16H18N2O4/c1-9-7-13(17-14(19)11-8-12(11)16(21)22)15(20)18(9)10-5-3-2-4-6-10/h2-6,9,11-13H,7-8H2,1H3,(H,17,19)(H,21,22)/t9-,11-,12-,13+/m1/s1. The average molecular weight is 302 g/mol. The van der Waals surface area contributed by atoms with E-state index >= 15 is 0 Å². The normalized spacial score (nSPS) is 30.2. The first-order valence-corrected chi connectivity index (χ1v) is 7.40. The van der Waals surface area contributed by atoms with Crippen molar-refractivity contribution in [3.63, 3.8) is 0 Å². The number of amides is 2. The van der Waals surface area contributed by atoms with Gasteiger partial charge in [0.1, 0.15) is 6.04 Å². The third kappa shape index (κ3) is 2.56. The summed E-state index contributed by atoms with van der Waals surface area (Å²) in [6.45, 7) is 1.94. The zero-order valence-electron chi connectivity index (χ0n) is 12.2. The van der Waals surface area contributed by atoms with Crippen molar-refractivity contribution in [2.24, 2.45) is 11.8 Å². The van der Waals surface area contributed by atoms with Gasteiger partial charge in [-0.25, -0.2) is 0 Å². The maximum Gasteiger partial charge on any atom is 0.307 e. The number of hydrogen-bond acceptors (Lipinski definition) is 3. The van der Waals surface area contributed by atoms with E-state index in [4.69, 9.17) is 5.11 Å². The van der Waals surface area contributed by atoms with E-state index in [1.165, 1.54) is 0 Å². The lowest BCUT2D eigenvalue weighted by molar-refractivity contribution is -0.140. The molecule has 3 rings (SSSR count). The van der Waals surface area contributed by atoms with E-state index in [-0.39, 0.29) is 17.9 Å². The number of nitrogens with one attached hydrogen (secondary N) is 1. The van der Waals surface area contributed by atoms with E-state index in [1.807, 2.05) is 37.3 Å². The summed E-state index contributed by atoms with van der Waals surface area (Å²) in [6.07, 6.45) is 0.893. The Balaban J connectivity index is 1.66. The van der Waals surface area contributed by atoms with Crippen LogP contribution >= 0.6 is 0 Å². The smallest absolute Gasteiger partial charge is 0.307 e. The van der Waals surface area contributed by atoms with Crippen LogP contribution in [0.4, 0.5) is 5.69 Å². The van der Waals surface area contributed by atoms with Crippen molar-refractivity contribution < 1.29 is 19.5 Å². The lowest BCUT2D eigenvalue weighted by Crippen LogP contribution is -2.42. The van der Waals surface area contributed by atoms with E-state index in [1.54, 1.807) is 4.90 Å². The summed E-state index contributed by atoms with van der Waals surface area (Å²) in [5.74, 6) is -2.50. The zero-order chi connectivity index (χ0) is 15.9. The van der Waals surface area contributed by atoms with Gasteiger partial charge in [-0.1, -0.05) is 18.2 Å². The van der Waals surface area contributed by atoms with Crippen molar-refractivity contribution in [2.45, 2.75) is 31.8 Å². The maximum absolute atomic E-state index is 12.5. The molecule has 6 nitrogen and oxygen atoms in total. The number of carboxylic acid groups (broad SMARTS) is 1. The Morgan fingerprint density at radius 1 is 1.18 bits per heavy atom. The second kappa shape index (κ2) is 5.44. The Morgan fingerprint density at radius 3 is 2.45 bits per heavy atom. The Hall–Kier alpha value is -2.37. The van der Waals surface area contributed by atoms with Crippen LogP contribution in [0.5, 0.6) is 0 Å². The lowest BCUT2D eigenvalue weighted by atomic mass is 10.1. The molecule has 1 heterocycles. The average Bonchev–Trinajstić information content (AvgIpc) is 3.23. The first kappa shape index (κ1) is 14.6. The number of benzene rings is 1.